The number of ether oxygens (including phenoxy) is 1. The van der Waals surface area contributed by atoms with Gasteiger partial charge in [-0.1, -0.05) is 37.3 Å². The molecule has 0 aromatic heterocycles. The summed E-state index contributed by atoms with van der Waals surface area (Å²) in [6, 6.07) is 10.1. The Morgan fingerprint density at radius 2 is 2.06 bits per heavy atom. The third-order valence-electron chi connectivity index (χ3n) is 2.42. The Bertz CT molecular complexity index is 308. The molecule has 0 fully saturated rings. The molecular weight excluding hydrogens is 204 g/mol. The fourth-order valence-electron chi connectivity index (χ4n) is 1.51. The zero-order valence-electron chi connectivity index (χ0n) is 9.56. The number of aryl methyl sites for hydroxylation is 1. The molecule has 3 heteroatoms. The number of carbonyl (C=O) groups is 1. The second kappa shape index (κ2) is 7.01. The summed E-state index contributed by atoms with van der Waals surface area (Å²) in [6.07, 6.45) is 1.64. The van der Waals surface area contributed by atoms with E-state index in [0.717, 1.165) is 12.8 Å². The van der Waals surface area contributed by atoms with Crippen LogP contribution < -0.4 is 0 Å². The Morgan fingerprint density at radius 1 is 1.38 bits per heavy atom. The molecule has 0 amide bonds. The smallest absolute Gasteiger partial charge is 0.332 e. The van der Waals surface area contributed by atoms with E-state index in [-0.39, 0.29) is 0 Å². The van der Waals surface area contributed by atoms with Crippen molar-refractivity contribution in [1.82, 2.24) is 0 Å². The quantitative estimate of drug-likeness (QED) is 0.721. The summed E-state index contributed by atoms with van der Waals surface area (Å²) in [4.78, 5) is 10.7. The molecule has 1 unspecified atom stereocenters. The lowest BCUT2D eigenvalue weighted by atomic mass is 10.1. The van der Waals surface area contributed by atoms with E-state index in [0.29, 0.717) is 13.0 Å². The van der Waals surface area contributed by atoms with Gasteiger partial charge in [-0.15, -0.1) is 0 Å². The van der Waals surface area contributed by atoms with Gasteiger partial charge in [-0.25, -0.2) is 4.79 Å². The normalized spacial score (nSPS) is 12.3. The van der Waals surface area contributed by atoms with E-state index >= 15 is 0 Å². The Morgan fingerprint density at radius 3 is 2.62 bits per heavy atom. The van der Waals surface area contributed by atoms with Crippen LogP contribution in [0, 0.1) is 0 Å². The van der Waals surface area contributed by atoms with Gasteiger partial charge in [-0.05, 0) is 24.8 Å². The van der Waals surface area contributed by atoms with Crippen molar-refractivity contribution in [2.24, 2.45) is 0 Å². The molecule has 88 valence electrons. The zero-order valence-corrected chi connectivity index (χ0v) is 9.56. The molecule has 3 nitrogen and oxygen atoms in total. The molecule has 0 aliphatic heterocycles. The van der Waals surface area contributed by atoms with E-state index in [1.54, 1.807) is 0 Å². The van der Waals surface area contributed by atoms with Gasteiger partial charge in [0.25, 0.3) is 0 Å². The van der Waals surface area contributed by atoms with Crippen molar-refractivity contribution in [1.29, 1.82) is 0 Å². The molecule has 1 N–H and O–H groups in total. The third kappa shape index (κ3) is 4.45. The van der Waals surface area contributed by atoms with Crippen LogP contribution in [0.2, 0.25) is 0 Å². The number of carboxylic acid groups (broad SMARTS) is 1. The lowest BCUT2D eigenvalue weighted by Crippen LogP contribution is -2.23. The molecule has 0 heterocycles. The largest absolute Gasteiger partial charge is 0.479 e. The first kappa shape index (κ1) is 12.7. The number of hydrogen-bond donors (Lipinski definition) is 1. The van der Waals surface area contributed by atoms with Gasteiger partial charge >= 0.3 is 5.97 Å². The van der Waals surface area contributed by atoms with Crippen LogP contribution in [0.4, 0.5) is 0 Å². The molecule has 16 heavy (non-hydrogen) atoms. The predicted molar refractivity (Wildman–Crippen MR) is 62.4 cm³/mol. The van der Waals surface area contributed by atoms with Gasteiger partial charge in [0, 0.05) is 6.61 Å². The van der Waals surface area contributed by atoms with Crippen molar-refractivity contribution in [2.75, 3.05) is 6.61 Å². The summed E-state index contributed by atoms with van der Waals surface area (Å²) in [5, 5.41) is 8.76. The molecule has 0 aliphatic carbocycles. The summed E-state index contributed by atoms with van der Waals surface area (Å²) < 4.78 is 5.27. The second-order valence-corrected chi connectivity index (χ2v) is 3.70. The number of rotatable bonds is 7. The maximum absolute atomic E-state index is 10.7. The molecule has 1 atom stereocenters. The predicted octanol–water partition coefficient (Wildman–Crippen LogP) is 2.50. The van der Waals surface area contributed by atoms with E-state index in [1.165, 1.54) is 5.56 Å². The summed E-state index contributed by atoms with van der Waals surface area (Å²) in [5.41, 5.74) is 1.26. The van der Waals surface area contributed by atoms with Crippen molar-refractivity contribution in [2.45, 2.75) is 32.3 Å². The topological polar surface area (TPSA) is 46.5 Å². The van der Waals surface area contributed by atoms with Gasteiger partial charge in [0.05, 0.1) is 0 Å². The number of hydrogen-bond acceptors (Lipinski definition) is 2. The number of aliphatic carboxylic acids is 1. The highest BCUT2D eigenvalue weighted by Crippen LogP contribution is 2.04. The van der Waals surface area contributed by atoms with Crippen LogP contribution in [-0.2, 0) is 16.0 Å². The Kier molecular flexibility index (Phi) is 5.57. The van der Waals surface area contributed by atoms with Crippen LogP contribution in [0.3, 0.4) is 0 Å². The van der Waals surface area contributed by atoms with E-state index in [1.807, 2.05) is 25.1 Å². The number of benzene rings is 1. The molecule has 0 radical (unpaired) electrons. The van der Waals surface area contributed by atoms with E-state index < -0.39 is 12.1 Å². The van der Waals surface area contributed by atoms with E-state index in [2.05, 4.69) is 12.1 Å². The number of carboxylic acids is 1. The molecule has 0 bridgehead atoms. The van der Waals surface area contributed by atoms with Crippen LogP contribution in [-0.4, -0.2) is 23.8 Å². The zero-order chi connectivity index (χ0) is 11.8. The van der Waals surface area contributed by atoms with Crippen molar-refractivity contribution < 1.29 is 14.6 Å². The Balaban J connectivity index is 2.19. The van der Waals surface area contributed by atoms with Crippen molar-refractivity contribution in [3.05, 3.63) is 35.9 Å². The summed E-state index contributed by atoms with van der Waals surface area (Å²) in [5.74, 6) is -0.873. The highest BCUT2D eigenvalue weighted by atomic mass is 16.5. The van der Waals surface area contributed by atoms with Gasteiger partial charge in [-0.3, -0.25) is 0 Å². The molecule has 1 aromatic carbocycles. The standard InChI is InChI=1S/C13H18O3/c1-2-12(13(14)15)16-10-6-9-11-7-4-3-5-8-11/h3-5,7-8,12H,2,6,9-10H2,1H3,(H,14,15). The van der Waals surface area contributed by atoms with Crippen molar-refractivity contribution >= 4 is 5.97 Å². The Labute approximate surface area is 96.1 Å². The minimum absolute atomic E-state index is 0.500. The fraction of sp³-hybridized carbons (Fsp3) is 0.462. The first-order valence-corrected chi connectivity index (χ1v) is 5.62. The van der Waals surface area contributed by atoms with Crippen molar-refractivity contribution in [3.63, 3.8) is 0 Å². The minimum Gasteiger partial charge on any atom is -0.479 e. The Hall–Kier alpha value is -1.35. The maximum atomic E-state index is 10.7. The minimum atomic E-state index is -0.873. The summed E-state index contributed by atoms with van der Waals surface area (Å²) in [6.45, 7) is 2.32. The third-order valence-corrected chi connectivity index (χ3v) is 2.42. The van der Waals surface area contributed by atoms with E-state index in [9.17, 15) is 4.79 Å². The molecule has 0 spiro atoms. The highest BCUT2D eigenvalue weighted by molar-refractivity contribution is 5.72. The lowest BCUT2D eigenvalue weighted by molar-refractivity contribution is -0.150. The van der Waals surface area contributed by atoms with Crippen LogP contribution in [0.15, 0.2) is 30.3 Å². The molecule has 1 rings (SSSR count). The molecule has 1 aromatic rings. The van der Waals surface area contributed by atoms with Gasteiger partial charge in [0.2, 0.25) is 0 Å². The van der Waals surface area contributed by atoms with Gasteiger partial charge in [0.15, 0.2) is 6.10 Å². The molecule has 0 aliphatic rings. The monoisotopic (exact) mass is 222 g/mol. The van der Waals surface area contributed by atoms with Gasteiger partial charge < -0.3 is 9.84 Å². The van der Waals surface area contributed by atoms with E-state index in [4.69, 9.17) is 9.84 Å². The lowest BCUT2D eigenvalue weighted by Gasteiger charge is -2.10. The second-order valence-electron chi connectivity index (χ2n) is 3.70. The molecular formula is C13H18O3. The molecule has 0 saturated heterocycles. The van der Waals surface area contributed by atoms with Gasteiger partial charge in [0.1, 0.15) is 0 Å². The van der Waals surface area contributed by atoms with Crippen LogP contribution in [0.5, 0.6) is 0 Å². The first-order chi connectivity index (χ1) is 7.74. The average molecular weight is 222 g/mol. The fourth-order valence-corrected chi connectivity index (χ4v) is 1.51. The molecule has 0 saturated carbocycles. The summed E-state index contributed by atoms with van der Waals surface area (Å²) in [7, 11) is 0. The van der Waals surface area contributed by atoms with Crippen LogP contribution in [0.1, 0.15) is 25.3 Å². The van der Waals surface area contributed by atoms with Gasteiger partial charge in [-0.2, -0.15) is 0 Å². The maximum Gasteiger partial charge on any atom is 0.332 e. The average Bonchev–Trinajstić information content (AvgIpc) is 2.30. The first-order valence-electron chi connectivity index (χ1n) is 5.62. The van der Waals surface area contributed by atoms with Crippen LogP contribution >= 0.6 is 0 Å². The SMILES string of the molecule is CCC(OCCCc1ccccc1)C(=O)O. The highest BCUT2D eigenvalue weighted by Gasteiger charge is 2.14. The van der Waals surface area contributed by atoms with Crippen LogP contribution in [0.25, 0.3) is 0 Å². The summed E-state index contributed by atoms with van der Waals surface area (Å²) >= 11 is 0. The van der Waals surface area contributed by atoms with Crippen molar-refractivity contribution in [3.8, 4) is 0 Å².